The summed E-state index contributed by atoms with van der Waals surface area (Å²) in [5.41, 5.74) is 0. The number of carbonyl (C=O) groups excluding carboxylic acids is 2. The molecule has 73 heavy (non-hydrogen) atoms. The molecule has 0 aromatic rings. The molecule has 0 aromatic heterocycles. The fourth-order valence-electron chi connectivity index (χ4n) is 10.4. The van der Waals surface area contributed by atoms with Crippen LogP contribution in [0.15, 0.2) is 24.3 Å². The summed E-state index contributed by atoms with van der Waals surface area (Å²) < 4.78 is 5.50. The van der Waals surface area contributed by atoms with Crippen LogP contribution in [0.3, 0.4) is 0 Å². The van der Waals surface area contributed by atoms with E-state index in [0.29, 0.717) is 19.4 Å². The number of aliphatic hydroxyl groups excluding tert-OH is 2. The van der Waals surface area contributed by atoms with Crippen molar-refractivity contribution in [3.8, 4) is 0 Å². The Kier molecular flexibility index (Phi) is 61.4. The molecule has 1 amide bonds. The van der Waals surface area contributed by atoms with Gasteiger partial charge in [0.1, 0.15) is 0 Å². The van der Waals surface area contributed by atoms with Gasteiger partial charge in [0.05, 0.1) is 25.4 Å². The molecule has 0 aliphatic carbocycles. The highest BCUT2D eigenvalue weighted by atomic mass is 16.5. The minimum Gasteiger partial charge on any atom is -0.466 e. The number of ether oxygens (including phenoxy) is 1. The number of hydrogen-bond donors (Lipinski definition) is 3. The van der Waals surface area contributed by atoms with E-state index in [-0.39, 0.29) is 18.5 Å². The Morgan fingerprint density at radius 2 is 0.644 bits per heavy atom. The molecule has 6 nitrogen and oxygen atoms in total. The van der Waals surface area contributed by atoms with Crippen molar-refractivity contribution < 1.29 is 24.5 Å². The van der Waals surface area contributed by atoms with Gasteiger partial charge in [-0.1, -0.05) is 321 Å². The first-order valence-electron chi connectivity index (χ1n) is 33.1. The SMILES string of the molecule is CCCCCCCCCCCCCCCCCC/C=C/C(O)C(CO)NC(=O)CCCCCCCCC/C=C\CCCCCCCCCCCCOC(=O)CCCCCCCCCCCCCCCCCCC. The molecular weight excluding hydrogens is 899 g/mol. The van der Waals surface area contributed by atoms with Crippen LogP contribution in [0.25, 0.3) is 0 Å². The fraction of sp³-hybridized carbons (Fsp3) is 0.910. The van der Waals surface area contributed by atoms with Crippen molar-refractivity contribution in [3.63, 3.8) is 0 Å². The lowest BCUT2D eigenvalue weighted by atomic mass is 10.0. The molecule has 0 rings (SSSR count). The largest absolute Gasteiger partial charge is 0.466 e. The second-order valence-corrected chi connectivity index (χ2v) is 22.8. The summed E-state index contributed by atoms with van der Waals surface area (Å²) in [6.45, 7) is 4.93. The number of amides is 1. The molecule has 6 heteroatoms. The molecule has 432 valence electrons. The van der Waals surface area contributed by atoms with E-state index in [1.165, 1.54) is 295 Å². The maximum absolute atomic E-state index is 12.5. The van der Waals surface area contributed by atoms with Gasteiger partial charge in [-0.3, -0.25) is 9.59 Å². The Balaban J connectivity index is 3.43. The maximum Gasteiger partial charge on any atom is 0.305 e. The molecule has 0 spiro atoms. The van der Waals surface area contributed by atoms with Gasteiger partial charge in [0, 0.05) is 12.8 Å². The molecule has 2 atom stereocenters. The van der Waals surface area contributed by atoms with E-state index in [2.05, 4.69) is 31.3 Å². The van der Waals surface area contributed by atoms with Gasteiger partial charge in [-0.25, -0.2) is 0 Å². The number of unbranched alkanes of at least 4 members (excludes halogenated alkanes) is 49. The van der Waals surface area contributed by atoms with Crippen LogP contribution in [-0.2, 0) is 14.3 Å². The smallest absolute Gasteiger partial charge is 0.305 e. The predicted octanol–water partition coefficient (Wildman–Crippen LogP) is 21.0. The summed E-state index contributed by atoms with van der Waals surface area (Å²) in [6.07, 6.45) is 78.0. The van der Waals surface area contributed by atoms with Gasteiger partial charge in [-0.2, -0.15) is 0 Å². The van der Waals surface area contributed by atoms with Crippen molar-refractivity contribution in [3.05, 3.63) is 24.3 Å². The van der Waals surface area contributed by atoms with E-state index >= 15 is 0 Å². The normalized spacial score (nSPS) is 12.7. The highest BCUT2D eigenvalue weighted by Crippen LogP contribution is 2.18. The van der Waals surface area contributed by atoms with E-state index in [4.69, 9.17) is 4.74 Å². The molecule has 0 saturated carbocycles. The lowest BCUT2D eigenvalue weighted by Gasteiger charge is -2.20. The van der Waals surface area contributed by atoms with Crippen molar-refractivity contribution in [1.82, 2.24) is 5.32 Å². The number of nitrogens with one attached hydrogen (secondary N) is 1. The summed E-state index contributed by atoms with van der Waals surface area (Å²) in [5.74, 6) is -0.0607. The summed E-state index contributed by atoms with van der Waals surface area (Å²) in [4.78, 5) is 24.6. The van der Waals surface area contributed by atoms with Crippen LogP contribution in [0.5, 0.6) is 0 Å². The Labute approximate surface area is 456 Å². The van der Waals surface area contributed by atoms with E-state index in [1.54, 1.807) is 6.08 Å². The Morgan fingerprint density at radius 1 is 0.370 bits per heavy atom. The molecule has 0 aromatic carbocycles. The Morgan fingerprint density at radius 3 is 0.973 bits per heavy atom. The molecule has 0 bridgehead atoms. The minimum absolute atomic E-state index is 0.0122. The molecular formula is C67H129NO5. The monoisotopic (exact) mass is 1030 g/mol. The van der Waals surface area contributed by atoms with Crippen LogP contribution < -0.4 is 5.32 Å². The van der Waals surface area contributed by atoms with Crippen LogP contribution in [0.1, 0.15) is 367 Å². The quantitative estimate of drug-likeness (QED) is 0.0320. The van der Waals surface area contributed by atoms with Crippen molar-refractivity contribution in [2.75, 3.05) is 13.2 Å². The van der Waals surface area contributed by atoms with Crippen molar-refractivity contribution in [1.29, 1.82) is 0 Å². The lowest BCUT2D eigenvalue weighted by molar-refractivity contribution is -0.143. The molecule has 0 radical (unpaired) electrons. The molecule has 0 saturated heterocycles. The van der Waals surface area contributed by atoms with Crippen molar-refractivity contribution in [2.45, 2.75) is 379 Å². The van der Waals surface area contributed by atoms with Crippen LogP contribution in [0.2, 0.25) is 0 Å². The number of hydrogen-bond acceptors (Lipinski definition) is 5. The lowest BCUT2D eigenvalue weighted by Crippen LogP contribution is -2.45. The van der Waals surface area contributed by atoms with Gasteiger partial charge in [0.25, 0.3) is 0 Å². The molecule has 2 unspecified atom stereocenters. The highest BCUT2D eigenvalue weighted by molar-refractivity contribution is 5.76. The van der Waals surface area contributed by atoms with Gasteiger partial charge in [-0.05, 0) is 57.8 Å². The van der Waals surface area contributed by atoms with Crippen LogP contribution in [-0.4, -0.2) is 47.4 Å². The number of allylic oxidation sites excluding steroid dienone is 3. The first-order chi connectivity index (χ1) is 36.0. The van der Waals surface area contributed by atoms with Crippen molar-refractivity contribution >= 4 is 11.9 Å². The molecule has 0 heterocycles. The third-order valence-corrected chi connectivity index (χ3v) is 15.5. The first kappa shape index (κ1) is 71.3. The van der Waals surface area contributed by atoms with Crippen LogP contribution in [0.4, 0.5) is 0 Å². The number of carbonyl (C=O) groups is 2. The second-order valence-electron chi connectivity index (χ2n) is 22.8. The number of aliphatic hydroxyl groups is 2. The van der Waals surface area contributed by atoms with Crippen LogP contribution in [0, 0.1) is 0 Å². The zero-order valence-corrected chi connectivity index (χ0v) is 49.4. The first-order valence-corrected chi connectivity index (χ1v) is 33.1. The second kappa shape index (κ2) is 62.9. The number of rotatable bonds is 62. The van der Waals surface area contributed by atoms with Gasteiger partial charge in [0.2, 0.25) is 5.91 Å². The van der Waals surface area contributed by atoms with E-state index in [0.717, 1.165) is 44.9 Å². The molecule has 3 N–H and O–H groups in total. The van der Waals surface area contributed by atoms with E-state index in [9.17, 15) is 19.8 Å². The number of esters is 1. The average Bonchev–Trinajstić information content (AvgIpc) is 3.39. The average molecular weight is 1030 g/mol. The minimum atomic E-state index is -0.850. The van der Waals surface area contributed by atoms with Gasteiger partial charge < -0.3 is 20.3 Å². The zero-order valence-electron chi connectivity index (χ0n) is 49.4. The highest BCUT2D eigenvalue weighted by Gasteiger charge is 2.18. The topological polar surface area (TPSA) is 95.9 Å². The maximum atomic E-state index is 12.5. The predicted molar refractivity (Wildman–Crippen MR) is 320 cm³/mol. The summed E-state index contributed by atoms with van der Waals surface area (Å²) in [5, 5.41) is 23.2. The third kappa shape index (κ3) is 59.4. The molecule has 0 fully saturated rings. The van der Waals surface area contributed by atoms with Gasteiger partial charge in [-0.15, -0.1) is 0 Å². The van der Waals surface area contributed by atoms with Crippen LogP contribution >= 0.6 is 0 Å². The third-order valence-electron chi connectivity index (χ3n) is 15.5. The summed E-state index contributed by atoms with van der Waals surface area (Å²) in [7, 11) is 0. The van der Waals surface area contributed by atoms with E-state index < -0.39 is 12.1 Å². The Bertz CT molecular complexity index is 1140. The van der Waals surface area contributed by atoms with Gasteiger partial charge in [0.15, 0.2) is 0 Å². The van der Waals surface area contributed by atoms with E-state index in [1.807, 2.05) is 6.08 Å². The fourth-order valence-corrected chi connectivity index (χ4v) is 10.4. The summed E-state index contributed by atoms with van der Waals surface area (Å²) >= 11 is 0. The summed E-state index contributed by atoms with van der Waals surface area (Å²) in [6, 6.07) is -0.634. The molecule has 0 aliphatic rings. The zero-order chi connectivity index (χ0) is 52.9. The molecule has 0 aliphatic heterocycles. The van der Waals surface area contributed by atoms with Crippen molar-refractivity contribution in [2.24, 2.45) is 0 Å². The Hall–Kier alpha value is -1.66. The van der Waals surface area contributed by atoms with Gasteiger partial charge >= 0.3 is 5.97 Å². The standard InChI is InChI=1S/C67H129NO5/c1-3-5-7-9-11-13-15-17-19-21-28-31-35-39-43-47-51-55-59-65(70)64(63-69)68-66(71)60-56-52-48-44-40-36-32-29-25-23-22-24-26-30-34-38-42-46-50-54-58-62-73-67(72)61-57-53-49-45-41-37-33-27-20-18-16-14-12-10-8-6-4-2/h23,25,55,59,64-65,69-70H,3-22,24,26-54,56-58,60-63H2,1-2H3,(H,68,71)/b25-23-,59-55+.